The third-order valence-corrected chi connectivity index (χ3v) is 17.9. The van der Waals surface area contributed by atoms with Crippen molar-refractivity contribution < 1.29 is 0 Å². The molecular formula is C54H100. The molecule has 0 heterocycles. The summed E-state index contributed by atoms with van der Waals surface area (Å²) in [5.41, 5.74) is 10.9. The van der Waals surface area contributed by atoms with Gasteiger partial charge in [-0.25, -0.2) is 0 Å². The van der Waals surface area contributed by atoms with Crippen LogP contribution < -0.4 is 0 Å². The molecule has 316 valence electrons. The van der Waals surface area contributed by atoms with Crippen molar-refractivity contribution in [3.63, 3.8) is 0 Å². The van der Waals surface area contributed by atoms with Gasteiger partial charge < -0.3 is 0 Å². The van der Waals surface area contributed by atoms with Crippen LogP contribution in [0, 0.1) is 54.1 Å². The molecule has 0 aliphatic rings. The Labute approximate surface area is 344 Å². The van der Waals surface area contributed by atoms with E-state index in [9.17, 15) is 0 Å². The molecule has 0 saturated heterocycles. The third-order valence-electron chi connectivity index (χ3n) is 17.9. The molecule has 0 rings (SSSR count). The highest BCUT2D eigenvalue weighted by molar-refractivity contribution is 5.22. The molecule has 0 aromatic carbocycles. The first-order valence-corrected chi connectivity index (χ1v) is 20.3. The normalized spacial score (nSPS) is 13.4. The second-order valence-electron chi connectivity index (χ2n) is 22.5. The lowest BCUT2D eigenvalue weighted by Crippen LogP contribution is -2.52. The molecular weight excluding hydrogens is 649 g/mol. The van der Waals surface area contributed by atoms with Crippen molar-refractivity contribution in [1.29, 1.82) is 0 Å². The van der Waals surface area contributed by atoms with Gasteiger partial charge in [0.2, 0.25) is 0 Å². The van der Waals surface area contributed by atoms with Crippen LogP contribution >= 0.6 is 0 Å². The largest absolute Gasteiger partial charge is 0.0996 e. The van der Waals surface area contributed by atoms with Gasteiger partial charge in [0.15, 0.2) is 0 Å². The molecule has 0 heteroatoms. The molecule has 0 aliphatic carbocycles. The van der Waals surface area contributed by atoms with Gasteiger partial charge >= 0.3 is 0 Å². The molecule has 0 aromatic rings. The van der Waals surface area contributed by atoms with E-state index >= 15 is 0 Å². The lowest BCUT2D eigenvalue weighted by atomic mass is 9.45. The second kappa shape index (κ2) is 18.9. The molecule has 0 atom stereocenters. The monoisotopic (exact) mass is 749 g/mol. The van der Waals surface area contributed by atoms with Gasteiger partial charge in [-0.15, -0.1) is 0 Å². The highest BCUT2D eigenvalue weighted by Gasteiger charge is 2.55. The van der Waals surface area contributed by atoms with Crippen molar-refractivity contribution in [2.24, 2.45) is 54.1 Å². The summed E-state index contributed by atoms with van der Waals surface area (Å²) >= 11 is 0. The van der Waals surface area contributed by atoms with Gasteiger partial charge in [0.1, 0.15) is 0 Å². The fraction of sp³-hybridized carbons (Fsp3) is 0.704. The first-order chi connectivity index (χ1) is 23.0. The fourth-order valence-electron chi connectivity index (χ4n) is 5.91. The van der Waals surface area contributed by atoms with Gasteiger partial charge in [0.25, 0.3) is 0 Å². The number of hydrogen-bond donors (Lipinski definition) is 0. The molecule has 0 fully saturated rings. The van der Waals surface area contributed by atoms with E-state index in [1.807, 2.05) is 13.8 Å². The van der Waals surface area contributed by atoms with E-state index in [4.69, 9.17) is 0 Å². The van der Waals surface area contributed by atoms with Crippen LogP contribution in [-0.4, -0.2) is 0 Å². The highest BCUT2D eigenvalue weighted by atomic mass is 14.6. The molecule has 0 aliphatic heterocycles. The first kappa shape index (κ1) is 58.6. The Hall–Kier alpha value is -2.08. The van der Waals surface area contributed by atoms with Gasteiger partial charge in [-0.05, 0) is 104 Å². The van der Waals surface area contributed by atoms with Crippen molar-refractivity contribution in [1.82, 2.24) is 0 Å². The van der Waals surface area contributed by atoms with Crippen LogP contribution in [0.3, 0.4) is 0 Å². The van der Waals surface area contributed by atoms with Crippen molar-refractivity contribution in [3.05, 3.63) is 97.2 Å². The number of allylic oxidation sites excluding steroid dienone is 8. The molecule has 0 saturated carbocycles. The smallest absolute Gasteiger partial charge is 0.00531 e. The molecule has 0 N–H and O–H groups in total. The Morgan fingerprint density at radius 1 is 0.204 bits per heavy atom. The molecule has 0 nitrogen and oxygen atoms in total. The molecule has 0 spiro atoms. The first-order valence-electron chi connectivity index (χ1n) is 20.3. The van der Waals surface area contributed by atoms with Gasteiger partial charge in [0.05, 0.1) is 0 Å². The average molecular weight is 749 g/mol. The standard InChI is InChI=1S/C18H34.C15H28.C12H22.C9H16/c1-13(2)15(5,6)17(9,10)18(11,12)16(7,8)14(3)4;1-11(2)13(5,6)15(9,10)14(7,8)12(3)4;1-9(2)11(5,6)12(7,8)10(3)4;1-7(2)9(5,6)8(3)4/h1,3H2,2,4-12H3;1,3H2,2,4-10H3;1,3H2,2,4-8H3;1,3H2,2,4-6H3. The number of hydrogen-bond acceptors (Lipinski definition) is 0. The van der Waals surface area contributed by atoms with Crippen LogP contribution in [0.4, 0.5) is 0 Å². The maximum absolute atomic E-state index is 4.21. The van der Waals surface area contributed by atoms with Crippen molar-refractivity contribution in [2.75, 3.05) is 0 Å². The second-order valence-corrected chi connectivity index (χ2v) is 22.5. The summed E-state index contributed by atoms with van der Waals surface area (Å²) in [7, 11) is 0. The Bertz CT molecular complexity index is 1280. The van der Waals surface area contributed by atoms with Crippen molar-refractivity contribution in [3.8, 4) is 0 Å². The number of rotatable bonds is 14. The average Bonchev–Trinajstić information content (AvgIpc) is 2.96. The third kappa shape index (κ3) is 12.0. The summed E-state index contributed by atoms with van der Waals surface area (Å²) in [6.45, 7) is 95.0. The zero-order valence-corrected chi connectivity index (χ0v) is 42.7. The van der Waals surface area contributed by atoms with E-state index < -0.39 is 0 Å². The topological polar surface area (TPSA) is 0 Å². The summed E-state index contributed by atoms with van der Waals surface area (Å²) in [4.78, 5) is 0. The minimum atomic E-state index is 0.0865. The van der Waals surface area contributed by atoms with Gasteiger partial charge in [-0.3, -0.25) is 0 Å². The van der Waals surface area contributed by atoms with E-state index in [-0.39, 0.29) is 54.1 Å². The molecule has 0 aromatic heterocycles. The zero-order valence-electron chi connectivity index (χ0n) is 42.7. The Balaban J connectivity index is -0.000000318. The summed E-state index contributed by atoms with van der Waals surface area (Å²) in [5.74, 6) is 0. The SMILES string of the molecule is C=C(C)C(C)(C)C(=C)C.C=C(C)C(C)(C)C(C)(C)C(=C)C.C=C(C)C(C)(C)C(C)(C)C(C)(C)C(=C)C.C=C(C)C(C)(C)C(C)(C)C(C)(C)C(C)(C)C(=C)C. The van der Waals surface area contributed by atoms with E-state index in [0.717, 1.165) is 0 Å². The van der Waals surface area contributed by atoms with Crippen molar-refractivity contribution >= 4 is 0 Å². The minimum absolute atomic E-state index is 0.0865. The fourth-order valence-corrected chi connectivity index (χ4v) is 5.91. The van der Waals surface area contributed by atoms with Crippen LogP contribution in [0.5, 0.6) is 0 Å². The molecule has 54 heavy (non-hydrogen) atoms. The van der Waals surface area contributed by atoms with Crippen LogP contribution in [0.2, 0.25) is 0 Å². The Morgan fingerprint density at radius 3 is 0.426 bits per heavy atom. The van der Waals surface area contributed by atoms with Crippen LogP contribution in [-0.2, 0) is 0 Å². The highest BCUT2D eigenvalue weighted by Crippen LogP contribution is 2.62. The molecule has 0 radical (unpaired) electrons. The van der Waals surface area contributed by atoms with Crippen LogP contribution in [0.15, 0.2) is 97.2 Å². The van der Waals surface area contributed by atoms with Crippen LogP contribution in [0.1, 0.15) is 194 Å². The van der Waals surface area contributed by atoms with E-state index in [1.54, 1.807) is 0 Å². The summed E-state index contributed by atoms with van der Waals surface area (Å²) in [6, 6.07) is 0. The Morgan fingerprint density at radius 2 is 0.333 bits per heavy atom. The van der Waals surface area contributed by atoms with E-state index in [1.165, 1.54) is 44.6 Å². The summed E-state index contributed by atoms with van der Waals surface area (Å²) in [5, 5.41) is 0. The maximum atomic E-state index is 4.21. The molecule has 0 amide bonds. The summed E-state index contributed by atoms with van der Waals surface area (Å²) in [6.07, 6.45) is 0. The zero-order chi connectivity index (χ0) is 45.6. The lowest BCUT2D eigenvalue weighted by Gasteiger charge is -2.59. The van der Waals surface area contributed by atoms with Gasteiger partial charge in [-0.1, -0.05) is 236 Å². The maximum Gasteiger partial charge on any atom is 0.00531 e. The lowest BCUT2D eigenvalue weighted by molar-refractivity contribution is -0.0633. The van der Waals surface area contributed by atoms with Crippen LogP contribution in [0.25, 0.3) is 0 Å². The van der Waals surface area contributed by atoms with Gasteiger partial charge in [-0.2, -0.15) is 0 Å². The molecule has 0 unspecified atom stereocenters. The predicted octanol–water partition coefficient (Wildman–Crippen LogP) is 18.8. The Kier molecular flexibility index (Phi) is 20.5. The quantitative estimate of drug-likeness (QED) is 0.155. The van der Waals surface area contributed by atoms with E-state index in [0.29, 0.717) is 0 Å². The predicted molar refractivity (Wildman–Crippen MR) is 256 cm³/mol. The van der Waals surface area contributed by atoms with Crippen molar-refractivity contribution in [2.45, 2.75) is 194 Å². The minimum Gasteiger partial charge on any atom is -0.0996 e. The molecule has 0 bridgehead atoms. The van der Waals surface area contributed by atoms with Gasteiger partial charge in [0, 0.05) is 5.41 Å². The van der Waals surface area contributed by atoms with E-state index in [2.05, 4.69) is 233 Å². The summed E-state index contributed by atoms with van der Waals surface area (Å²) < 4.78 is 0.